The van der Waals surface area contributed by atoms with Crippen LogP contribution in [-0.2, 0) is 19.5 Å². The van der Waals surface area contributed by atoms with E-state index in [1.807, 2.05) is 36.4 Å². The number of hydrogen-bond donors (Lipinski definition) is 0. The molecule has 0 saturated heterocycles. The van der Waals surface area contributed by atoms with Crippen LogP contribution in [0.15, 0.2) is 140 Å². The van der Waals surface area contributed by atoms with Crippen molar-refractivity contribution < 1.29 is 19.5 Å². The van der Waals surface area contributed by atoms with Crippen LogP contribution in [0.4, 0.5) is 0 Å². The van der Waals surface area contributed by atoms with E-state index in [0.717, 1.165) is 11.4 Å². The standard InChI is InChI=1S/C18H15P.C10H8N2.Ru/c1-4-10-16(11-5-1)19(17-12-6-2-7-13-17)18-14-8-3-9-15-18;1-3-7-11-9(5-1)10-6-2-4-8-12-10;/h1-15H;1-8H;. The monoisotopic (exact) mass is 520 g/mol. The van der Waals surface area contributed by atoms with Gasteiger partial charge in [0.25, 0.3) is 0 Å². The van der Waals surface area contributed by atoms with Crippen LogP contribution < -0.4 is 15.9 Å². The van der Waals surface area contributed by atoms with Gasteiger partial charge in [-0.3, -0.25) is 9.97 Å². The topological polar surface area (TPSA) is 25.8 Å². The maximum Gasteiger partial charge on any atom is 0.0886 e. The number of nitrogens with zero attached hydrogens (tertiary/aromatic N) is 2. The van der Waals surface area contributed by atoms with Gasteiger partial charge in [0.15, 0.2) is 0 Å². The Bertz CT molecular complexity index is 1030. The Labute approximate surface area is 203 Å². The van der Waals surface area contributed by atoms with Gasteiger partial charge in [-0.15, -0.1) is 0 Å². The second kappa shape index (κ2) is 12.8. The van der Waals surface area contributed by atoms with E-state index in [-0.39, 0.29) is 19.5 Å². The Morgan fingerprint density at radius 1 is 0.375 bits per heavy atom. The predicted molar refractivity (Wildman–Crippen MR) is 133 cm³/mol. The Hall–Kier alpha value is -2.99. The smallest absolute Gasteiger partial charge is 0.0886 e. The molecule has 0 aliphatic rings. The van der Waals surface area contributed by atoms with Gasteiger partial charge in [-0.25, -0.2) is 0 Å². The van der Waals surface area contributed by atoms with Crippen LogP contribution in [0.5, 0.6) is 0 Å². The van der Waals surface area contributed by atoms with Crippen LogP contribution in [0.2, 0.25) is 0 Å². The van der Waals surface area contributed by atoms with E-state index in [1.54, 1.807) is 12.4 Å². The molecule has 0 aliphatic heterocycles. The number of benzene rings is 3. The second-order valence-corrected chi connectivity index (χ2v) is 8.99. The van der Waals surface area contributed by atoms with Crippen molar-refractivity contribution in [3.63, 3.8) is 0 Å². The fourth-order valence-electron chi connectivity index (χ4n) is 3.21. The molecule has 0 bridgehead atoms. The molecule has 0 fully saturated rings. The normalized spacial score (nSPS) is 9.91. The Balaban J connectivity index is 0.000000193. The zero-order chi connectivity index (χ0) is 21.1. The first-order valence-corrected chi connectivity index (χ1v) is 11.5. The van der Waals surface area contributed by atoms with Gasteiger partial charge in [-0.1, -0.05) is 103 Å². The van der Waals surface area contributed by atoms with Crippen molar-refractivity contribution in [3.8, 4) is 11.4 Å². The molecule has 2 heterocycles. The third kappa shape index (κ3) is 6.50. The Morgan fingerprint density at radius 2 is 0.688 bits per heavy atom. The summed E-state index contributed by atoms with van der Waals surface area (Å²) in [6.07, 6.45) is 3.54. The summed E-state index contributed by atoms with van der Waals surface area (Å²) < 4.78 is 0. The van der Waals surface area contributed by atoms with Crippen molar-refractivity contribution in [1.29, 1.82) is 0 Å². The summed E-state index contributed by atoms with van der Waals surface area (Å²) >= 11 is 0. The number of aromatic nitrogens is 2. The third-order valence-electron chi connectivity index (χ3n) is 4.64. The van der Waals surface area contributed by atoms with Gasteiger partial charge < -0.3 is 0 Å². The van der Waals surface area contributed by atoms with E-state index in [2.05, 4.69) is 101 Å². The van der Waals surface area contributed by atoms with Crippen LogP contribution in [0.3, 0.4) is 0 Å². The first-order valence-electron chi connectivity index (χ1n) is 10.2. The predicted octanol–water partition coefficient (Wildman–Crippen LogP) is 5.59. The zero-order valence-corrected chi connectivity index (χ0v) is 20.1. The largest absolute Gasteiger partial charge is 0.255 e. The molecule has 0 aliphatic carbocycles. The van der Waals surface area contributed by atoms with Crippen LogP contribution >= 0.6 is 7.92 Å². The van der Waals surface area contributed by atoms with Gasteiger partial charge in [0, 0.05) is 31.9 Å². The number of hydrogen-bond acceptors (Lipinski definition) is 2. The summed E-state index contributed by atoms with van der Waals surface area (Å²) in [6.45, 7) is 0. The molecule has 0 atom stereocenters. The molecule has 0 amide bonds. The molecule has 0 saturated carbocycles. The van der Waals surface area contributed by atoms with Crippen LogP contribution in [0.25, 0.3) is 11.4 Å². The minimum absolute atomic E-state index is 0. The molecule has 2 aromatic heterocycles. The summed E-state index contributed by atoms with van der Waals surface area (Å²) in [5, 5.41) is 4.19. The molecule has 158 valence electrons. The molecule has 0 radical (unpaired) electrons. The summed E-state index contributed by atoms with van der Waals surface area (Å²) in [7, 11) is -0.446. The van der Waals surface area contributed by atoms with Gasteiger partial charge in [0.1, 0.15) is 0 Å². The molecule has 4 heteroatoms. The first-order chi connectivity index (χ1) is 15.4. The van der Waals surface area contributed by atoms with E-state index in [0.29, 0.717) is 0 Å². The molecule has 32 heavy (non-hydrogen) atoms. The maximum atomic E-state index is 4.19. The molecule has 5 rings (SSSR count). The fraction of sp³-hybridized carbons (Fsp3) is 0. The summed E-state index contributed by atoms with van der Waals surface area (Å²) in [4.78, 5) is 8.37. The van der Waals surface area contributed by atoms with Gasteiger partial charge in [0.05, 0.1) is 11.4 Å². The van der Waals surface area contributed by atoms with Crippen molar-refractivity contribution in [3.05, 3.63) is 140 Å². The van der Waals surface area contributed by atoms with Gasteiger partial charge in [-0.05, 0) is 48.1 Å². The summed E-state index contributed by atoms with van der Waals surface area (Å²) in [6, 6.07) is 43.9. The van der Waals surface area contributed by atoms with Crippen molar-refractivity contribution in [2.24, 2.45) is 0 Å². The van der Waals surface area contributed by atoms with Crippen molar-refractivity contribution in [2.75, 3.05) is 0 Å². The molecule has 0 N–H and O–H groups in total. The molecule has 0 spiro atoms. The molecule has 3 aromatic carbocycles. The minimum Gasteiger partial charge on any atom is -0.255 e. The zero-order valence-electron chi connectivity index (χ0n) is 17.5. The third-order valence-corrected chi connectivity index (χ3v) is 7.08. The SMILES string of the molecule is [Ru].c1ccc(-c2ccccn2)nc1.c1ccc(P(c2ccccc2)c2ccccc2)cc1. The van der Waals surface area contributed by atoms with E-state index in [4.69, 9.17) is 0 Å². The molecule has 2 nitrogen and oxygen atoms in total. The van der Waals surface area contributed by atoms with Gasteiger partial charge in [-0.2, -0.15) is 0 Å². The van der Waals surface area contributed by atoms with Crippen LogP contribution in [0, 0.1) is 0 Å². The van der Waals surface area contributed by atoms with E-state index >= 15 is 0 Å². The van der Waals surface area contributed by atoms with Crippen molar-refractivity contribution in [2.45, 2.75) is 0 Å². The van der Waals surface area contributed by atoms with Gasteiger partial charge in [0.2, 0.25) is 0 Å². The van der Waals surface area contributed by atoms with Crippen molar-refractivity contribution >= 4 is 23.8 Å². The fourth-order valence-corrected chi connectivity index (χ4v) is 5.51. The molecule has 5 aromatic rings. The van der Waals surface area contributed by atoms with Crippen LogP contribution in [0.1, 0.15) is 0 Å². The van der Waals surface area contributed by atoms with E-state index in [9.17, 15) is 0 Å². The van der Waals surface area contributed by atoms with E-state index < -0.39 is 7.92 Å². The molecule has 0 unspecified atom stereocenters. The first kappa shape index (κ1) is 23.7. The average Bonchev–Trinajstić information content (AvgIpc) is 2.88. The minimum atomic E-state index is -0.446. The molecular formula is C28H23N2PRu. The molecular weight excluding hydrogens is 496 g/mol. The van der Waals surface area contributed by atoms with Crippen molar-refractivity contribution in [1.82, 2.24) is 9.97 Å². The van der Waals surface area contributed by atoms with Crippen LogP contribution in [-0.4, -0.2) is 9.97 Å². The van der Waals surface area contributed by atoms with Gasteiger partial charge >= 0.3 is 0 Å². The van der Waals surface area contributed by atoms with E-state index in [1.165, 1.54) is 15.9 Å². The Morgan fingerprint density at radius 3 is 0.969 bits per heavy atom. The maximum absolute atomic E-state index is 4.19. The summed E-state index contributed by atoms with van der Waals surface area (Å²) in [5.74, 6) is 0. The Kier molecular flexibility index (Phi) is 9.44. The second-order valence-electron chi connectivity index (χ2n) is 6.77. The number of pyridine rings is 2. The average molecular weight is 520 g/mol. The summed E-state index contributed by atoms with van der Waals surface area (Å²) in [5.41, 5.74) is 1.83. The quantitative estimate of drug-likeness (QED) is 0.229. The number of rotatable bonds is 4.